The van der Waals surface area contributed by atoms with Crippen molar-refractivity contribution >= 4 is 11.5 Å². The van der Waals surface area contributed by atoms with Crippen LogP contribution < -0.4 is 24.0 Å². The summed E-state index contributed by atoms with van der Waals surface area (Å²) in [4.78, 5) is 9.61. The maximum Gasteiger partial charge on any atom is 0.231 e. The Morgan fingerprint density at radius 3 is 2.56 bits per heavy atom. The standard InChI is InChI=1S/C26H25N3O3/c1-2-6-21-19(5-1)26(16-30-22-12-24-23(11-20(22)26)31-17-32-24)15-29(21)14-18-7-8-25(27-13-18)28-9-3-4-10-28/h1-2,5-8,11-13H,3-4,9-10,14-17H2. The fourth-order valence-corrected chi connectivity index (χ4v) is 5.70. The van der Waals surface area contributed by atoms with E-state index in [2.05, 4.69) is 52.3 Å². The fraction of sp³-hybridized carbons (Fsp3) is 0.346. The first-order chi connectivity index (χ1) is 15.8. The second-order valence-electron chi connectivity index (χ2n) is 9.16. The highest BCUT2D eigenvalue weighted by Crippen LogP contribution is 2.54. The normalized spacial score (nSPS) is 22.4. The summed E-state index contributed by atoms with van der Waals surface area (Å²) < 4.78 is 17.5. The number of para-hydroxylation sites is 1. The molecule has 162 valence electrons. The highest BCUT2D eigenvalue weighted by atomic mass is 16.7. The lowest BCUT2D eigenvalue weighted by molar-refractivity contribution is 0.173. The predicted molar refractivity (Wildman–Crippen MR) is 122 cm³/mol. The van der Waals surface area contributed by atoms with Crippen LogP contribution >= 0.6 is 0 Å². The highest BCUT2D eigenvalue weighted by Gasteiger charge is 2.50. The van der Waals surface area contributed by atoms with E-state index in [1.165, 1.54) is 35.2 Å². The minimum Gasteiger partial charge on any atom is -0.492 e. The molecule has 0 amide bonds. The van der Waals surface area contributed by atoms with Crippen LogP contribution in [0.25, 0.3) is 0 Å². The largest absolute Gasteiger partial charge is 0.492 e. The van der Waals surface area contributed by atoms with Gasteiger partial charge in [0.1, 0.15) is 18.2 Å². The second kappa shape index (κ2) is 6.79. The Kier molecular flexibility index (Phi) is 3.86. The van der Waals surface area contributed by atoms with Crippen molar-refractivity contribution in [2.24, 2.45) is 0 Å². The van der Waals surface area contributed by atoms with Gasteiger partial charge in [-0.25, -0.2) is 4.98 Å². The van der Waals surface area contributed by atoms with E-state index in [9.17, 15) is 0 Å². The van der Waals surface area contributed by atoms with Crippen molar-refractivity contribution in [3.05, 3.63) is 71.4 Å². The number of hydrogen-bond acceptors (Lipinski definition) is 6. The average Bonchev–Trinajstić information content (AvgIpc) is 3.62. The molecule has 4 aliphatic rings. The lowest BCUT2D eigenvalue weighted by atomic mass is 9.77. The average molecular weight is 428 g/mol. The number of pyridine rings is 1. The summed E-state index contributed by atoms with van der Waals surface area (Å²) in [5, 5.41) is 0. The fourth-order valence-electron chi connectivity index (χ4n) is 5.70. The van der Waals surface area contributed by atoms with Crippen molar-refractivity contribution < 1.29 is 14.2 Å². The molecule has 1 spiro atoms. The molecule has 2 aromatic carbocycles. The Morgan fingerprint density at radius 1 is 0.875 bits per heavy atom. The van der Waals surface area contributed by atoms with Gasteiger partial charge in [-0.3, -0.25) is 0 Å². The maximum absolute atomic E-state index is 6.21. The molecule has 0 bridgehead atoms. The van der Waals surface area contributed by atoms with E-state index in [-0.39, 0.29) is 12.2 Å². The van der Waals surface area contributed by atoms with Gasteiger partial charge in [-0.15, -0.1) is 0 Å². The minimum atomic E-state index is -0.199. The van der Waals surface area contributed by atoms with E-state index in [4.69, 9.17) is 19.2 Å². The van der Waals surface area contributed by atoms with Gasteiger partial charge in [-0.05, 0) is 42.2 Å². The third-order valence-electron chi connectivity index (χ3n) is 7.30. The Bertz CT molecular complexity index is 1190. The first-order valence-corrected chi connectivity index (χ1v) is 11.4. The number of ether oxygens (including phenoxy) is 3. The number of hydrogen-bond donors (Lipinski definition) is 0. The van der Waals surface area contributed by atoms with E-state index >= 15 is 0 Å². The molecule has 3 aromatic rings. The zero-order valence-electron chi connectivity index (χ0n) is 17.9. The molecule has 0 radical (unpaired) electrons. The van der Waals surface area contributed by atoms with Gasteiger partial charge in [0.2, 0.25) is 6.79 Å². The number of anilines is 2. The van der Waals surface area contributed by atoms with Gasteiger partial charge in [-0.2, -0.15) is 0 Å². The van der Waals surface area contributed by atoms with Crippen molar-refractivity contribution in [3.63, 3.8) is 0 Å². The van der Waals surface area contributed by atoms with Gasteiger partial charge in [0.15, 0.2) is 11.5 Å². The Morgan fingerprint density at radius 2 is 1.72 bits per heavy atom. The van der Waals surface area contributed by atoms with Crippen LogP contribution in [0.3, 0.4) is 0 Å². The molecule has 1 saturated heterocycles. The summed E-state index contributed by atoms with van der Waals surface area (Å²) in [5.41, 5.74) is 4.81. The topological polar surface area (TPSA) is 47.1 Å². The molecule has 1 unspecified atom stereocenters. The Hall–Kier alpha value is -3.41. The summed E-state index contributed by atoms with van der Waals surface area (Å²) in [5.74, 6) is 3.58. The molecule has 1 fully saturated rings. The van der Waals surface area contributed by atoms with E-state index in [1.54, 1.807) is 0 Å². The van der Waals surface area contributed by atoms with Crippen molar-refractivity contribution in [1.82, 2.24) is 4.98 Å². The van der Waals surface area contributed by atoms with Crippen molar-refractivity contribution in [3.8, 4) is 17.2 Å². The Balaban J connectivity index is 1.22. The van der Waals surface area contributed by atoms with E-state index in [1.807, 2.05) is 12.3 Å². The third-order valence-corrected chi connectivity index (χ3v) is 7.30. The summed E-state index contributed by atoms with van der Waals surface area (Å²) in [6.45, 7) is 4.83. The number of nitrogens with zero attached hydrogens (tertiary/aromatic N) is 3. The molecule has 6 nitrogen and oxygen atoms in total. The highest BCUT2D eigenvalue weighted by molar-refractivity contribution is 5.71. The van der Waals surface area contributed by atoms with Crippen molar-refractivity contribution in [1.29, 1.82) is 0 Å². The van der Waals surface area contributed by atoms with Gasteiger partial charge in [0.05, 0.1) is 5.41 Å². The quantitative estimate of drug-likeness (QED) is 0.627. The van der Waals surface area contributed by atoms with Crippen LogP contribution in [0.15, 0.2) is 54.7 Å². The zero-order chi connectivity index (χ0) is 21.1. The van der Waals surface area contributed by atoms with Gasteiger partial charge < -0.3 is 24.0 Å². The number of aromatic nitrogens is 1. The molecular formula is C26H25N3O3. The summed E-state index contributed by atoms with van der Waals surface area (Å²) in [6.07, 6.45) is 4.57. The molecule has 4 aliphatic heterocycles. The van der Waals surface area contributed by atoms with Gasteiger partial charge in [-0.1, -0.05) is 24.3 Å². The van der Waals surface area contributed by atoms with Crippen molar-refractivity contribution in [2.45, 2.75) is 24.8 Å². The SMILES string of the molecule is c1ccc2c(c1)N(Cc1ccc(N3CCCC3)nc1)CC21COc2cc3c(cc21)OCO3. The molecule has 0 aliphatic carbocycles. The summed E-state index contributed by atoms with van der Waals surface area (Å²) in [7, 11) is 0. The molecule has 1 aromatic heterocycles. The molecule has 32 heavy (non-hydrogen) atoms. The van der Waals surface area contributed by atoms with E-state index in [0.29, 0.717) is 6.61 Å². The molecule has 6 heteroatoms. The first-order valence-electron chi connectivity index (χ1n) is 11.4. The monoisotopic (exact) mass is 427 g/mol. The van der Waals surface area contributed by atoms with Crippen LogP contribution in [0.5, 0.6) is 17.2 Å². The zero-order valence-corrected chi connectivity index (χ0v) is 17.9. The molecule has 1 atom stereocenters. The number of benzene rings is 2. The lowest BCUT2D eigenvalue weighted by Crippen LogP contribution is -2.35. The molecule has 0 saturated carbocycles. The third kappa shape index (κ3) is 2.62. The van der Waals surface area contributed by atoms with Crippen LogP contribution in [0, 0.1) is 0 Å². The molecule has 7 rings (SSSR count). The van der Waals surface area contributed by atoms with Crippen LogP contribution in [0.2, 0.25) is 0 Å². The van der Waals surface area contributed by atoms with E-state index < -0.39 is 0 Å². The number of rotatable bonds is 3. The van der Waals surface area contributed by atoms with Crippen LogP contribution in [0.4, 0.5) is 11.5 Å². The second-order valence-corrected chi connectivity index (χ2v) is 9.16. The van der Waals surface area contributed by atoms with E-state index in [0.717, 1.165) is 49.2 Å². The van der Waals surface area contributed by atoms with Crippen molar-refractivity contribution in [2.75, 3.05) is 42.8 Å². The molecular weight excluding hydrogens is 402 g/mol. The van der Waals surface area contributed by atoms with Gasteiger partial charge >= 0.3 is 0 Å². The maximum atomic E-state index is 6.21. The smallest absolute Gasteiger partial charge is 0.231 e. The molecule has 0 N–H and O–H groups in total. The number of fused-ring (bicyclic) bond motifs is 5. The lowest BCUT2D eigenvalue weighted by Gasteiger charge is -2.25. The van der Waals surface area contributed by atoms with Crippen LogP contribution in [-0.2, 0) is 12.0 Å². The summed E-state index contributed by atoms with van der Waals surface area (Å²) >= 11 is 0. The molecule has 5 heterocycles. The Labute approximate surface area is 187 Å². The van der Waals surface area contributed by atoms with Crippen LogP contribution in [-0.4, -0.2) is 38.0 Å². The van der Waals surface area contributed by atoms with Crippen LogP contribution in [0.1, 0.15) is 29.5 Å². The minimum absolute atomic E-state index is 0.199. The van der Waals surface area contributed by atoms with Gasteiger partial charge in [0.25, 0.3) is 0 Å². The summed E-state index contributed by atoms with van der Waals surface area (Å²) in [6, 6.07) is 17.2. The first kappa shape index (κ1) is 18.2. The van der Waals surface area contributed by atoms with Gasteiger partial charge in [0, 0.05) is 49.7 Å². The predicted octanol–water partition coefficient (Wildman–Crippen LogP) is 4.11.